The maximum atomic E-state index is 13.1. The van der Waals surface area contributed by atoms with Gasteiger partial charge in [0.15, 0.2) is 5.69 Å². The fourth-order valence-corrected chi connectivity index (χ4v) is 4.20. The molecule has 6 heteroatoms. The van der Waals surface area contributed by atoms with Crippen molar-refractivity contribution in [3.63, 3.8) is 0 Å². The molecule has 1 N–H and O–H groups in total. The van der Waals surface area contributed by atoms with Crippen LogP contribution in [0.25, 0.3) is 0 Å². The van der Waals surface area contributed by atoms with E-state index in [1.165, 1.54) is 12.1 Å². The number of nitrogens with zero attached hydrogens (tertiary/aromatic N) is 3. The molecule has 0 radical (unpaired) electrons. The van der Waals surface area contributed by atoms with Gasteiger partial charge in [-0.2, -0.15) is 5.10 Å². The molecule has 26 heavy (non-hydrogen) atoms. The summed E-state index contributed by atoms with van der Waals surface area (Å²) in [6.07, 6.45) is 8.05. The van der Waals surface area contributed by atoms with E-state index in [9.17, 15) is 4.79 Å². The molecule has 0 saturated carbocycles. The molecular formula is C20H28N4O2. The second kappa shape index (κ2) is 7.66. The van der Waals surface area contributed by atoms with Crippen molar-refractivity contribution >= 4 is 5.91 Å². The van der Waals surface area contributed by atoms with Crippen LogP contribution in [0.1, 0.15) is 60.1 Å². The molecule has 1 atom stereocenters. The third kappa shape index (κ3) is 3.43. The predicted octanol–water partition coefficient (Wildman–Crippen LogP) is 2.77. The van der Waals surface area contributed by atoms with Crippen molar-refractivity contribution in [2.45, 2.75) is 64.6 Å². The Balaban J connectivity index is 1.51. The zero-order chi connectivity index (χ0) is 17.9. The number of amides is 1. The van der Waals surface area contributed by atoms with E-state index < -0.39 is 0 Å². The molecule has 6 nitrogen and oxygen atoms in total. The van der Waals surface area contributed by atoms with Crippen LogP contribution in [0.4, 0.5) is 0 Å². The third-order valence-corrected chi connectivity index (χ3v) is 5.64. The number of nitrogens with one attached hydrogen (secondary N) is 1. The number of aromatic nitrogens is 2. The van der Waals surface area contributed by atoms with Gasteiger partial charge >= 0.3 is 0 Å². The van der Waals surface area contributed by atoms with E-state index >= 15 is 0 Å². The molecule has 0 bridgehead atoms. The molecule has 1 fully saturated rings. The van der Waals surface area contributed by atoms with Crippen LogP contribution in [-0.4, -0.2) is 39.7 Å². The normalized spacial score (nSPS) is 20.2. The molecule has 1 aliphatic heterocycles. The Morgan fingerprint density at radius 2 is 2.19 bits per heavy atom. The molecule has 1 aliphatic carbocycles. The minimum absolute atomic E-state index is 0.125. The maximum Gasteiger partial charge on any atom is 0.274 e. The van der Waals surface area contributed by atoms with E-state index in [1.54, 1.807) is 6.26 Å². The summed E-state index contributed by atoms with van der Waals surface area (Å²) in [5.74, 6) is 1.07. The molecule has 0 aromatic carbocycles. The zero-order valence-corrected chi connectivity index (χ0v) is 15.5. The lowest BCUT2D eigenvalue weighted by Gasteiger charge is -2.27. The molecule has 0 spiro atoms. The molecule has 1 unspecified atom stereocenters. The largest absolute Gasteiger partial charge is 0.468 e. The van der Waals surface area contributed by atoms with Crippen molar-refractivity contribution in [2.24, 2.45) is 0 Å². The van der Waals surface area contributed by atoms with Crippen LogP contribution in [0.15, 0.2) is 22.8 Å². The fourth-order valence-electron chi connectivity index (χ4n) is 4.20. The lowest BCUT2D eigenvalue weighted by molar-refractivity contribution is 0.0716. The van der Waals surface area contributed by atoms with Gasteiger partial charge in [0.25, 0.3) is 5.91 Å². The first-order chi connectivity index (χ1) is 12.8. The lowest BCUT2D eigenvalue weighted by atomic mass is 9.91. The Hall–Kier alpha value is -2.08. The first-order valence-electron chi connectivity index (χ1n) is 9.90. The zero-order valence-electron chi connectivity index (χ0n) is 15.5. The van der Waals surface area contributed by atoms with Crippen molar-refractivity contribution < 1.29 is 9.21 Å². The number of piperidine rings is 1. The van der Waals surface area contributed by atoms with E-state index in [0.29, 0.717) is 11.7 Å². The summed E-state index contributed by atoms with van der Waals surface area (Å²) in [5, 5.41) is 8.29. The number of hydrogen-bond acceptors (Lipinski definition) is 4. The number of aryl methyl sites for hydroxylation is 1. The predicted molar refractivity (Wildman–Crippen MR) is 99.0 cm³/mol. The van der Waals surface area contributed by atoms with Crippen LogP contribution in [0.2, 0.25) is 0 Å². The highest BCUT2D eigenvalue weighted by atomic mass is 16.3. The van der Waals surface area contributed by atoms with Crippen molar-refractivity contribution in [2.75, 3.05) is 13.1 Å². The van der Waals surface area contributed by atoms with Gasteiger partial charge in [0, 0.05) is 36.9 Å². The van der Waals surface area contributed by atoms with Gasteiger partial charge in [-0.1, -0.05) is 0 Å². The Bertz CT molecular complexity index is 744. The van der Waals surface area contributed by atoms with Gasteiger partial charge in [-0.05, 0) is 57.6 Å². The van der Waals surface area contributed by atoms with Crippen LogP contribution < -0.4 is 5.32 Å². The molecule has 2 aromatic rings. The number of likely N-dealkylation sites (tertiary alicyclic amines) is 1. The number of carbonyl (C=O) groups excluding carboxylic acids is 1. The fraction of sp³-hybridized carbons (Fsp3) is 0.600. The summed E-state index contributed by atoms with van der Waals surface area (Å²) in [5.41, 5.74) is 3.10. The Morgan fingerprint density at radius 1 is 1.35 bits per heavy atom. The average molecular weight is 356 g/mol. The van der Waals surface area contributed by atoms with Crippen molar-refractivity contribution in [1.82, 2.24) is 20.0 Å². The number of rotatable bonds is 5. The average Bonchev–Trinajstić information content (AvgIpc) is 3.34. The van der Waals surface area contributed by atoms with Crippen molar-refractivity contribution in [3.8, 4) is 0 Å². The van der Waals surface area contributed by atoms with Crippen LogP contribution in [0, 0.1) is 0 Å². The lowest BCUT2D eigenvalue weighted by Crippen LogP contribution is -2.38. The van der Waals surface area contributed by atoms with E-state index in [2.05, 4.69) is 12.2 Å². The van der Waals surface area contributed by atoms with Gasteiger partial charge < -0.3 is 14.6 Å². The standard InChI is InChI=1S/C20H28N4O2/c1-2-24-18-9-8-15(21-14-16-7-6-12-26-16)13-17(18)19(22-24)20(25)23-10-4-3-5-11-23/h6-7,12,15,21H,2-5,8-11,13-14H2,1H3. The van der Waals surface area contributed by atoms with Crippen LogP contribution in [0.3, 0.4) is 0 Å². The van der Waals surface area contributed by atoms with Crippen molar-refractivity contribution in [3.05, 3.63) is 41.1 Å². The van der Waals surface area contributed by atoms with Crippen molar-refractivity contribution in [1.29, 1.82) is 0 Å². The summed E-state index contributed by atoms with van der Waals surface area (Å²) in [6, 6.07) is 4.26. The first-order valence-corrected chi connectivity index (χ1v) is 9.90. The van der Waals surface area contributed by atoms with Gasteiger partial charge in [0.2, 0.25) is 0 Å². The van der Waals surface area contributed by atoms with E-state index in [-0.39, 0.29) is 5.91 Å². The monoisotopic (exact) mass is 356 g/mol. The molecular weight excluding hydrogens is 328 g/mol. The molecule has 2 aromatic heterocycles. The molecule has 3 heterocycles. The van der Waals surface area contributed by atoms with Gasteiger partial charge in [-0.3, -0.25) is 9.48 Å². The molecule has 4 rings (SSSR count). The summed E-state index contributed by atoms with van der Waals surface area (Å²) in [6.45, 7) is 5.38. The number of furan rings is 1. The Kier molecular flexibility index (Phi) is 5.11. The van der Waals surface area contributed by atoms with Gasteiger partial charge in [-0.25, -0.2) is 0 Å². The highest BCUT2D eigenvalue weighted by Gasteiger charge is 2.31. The number of hydrogen-bond donors (Lipinski definition) is 1. The van der Waals surface area contributed by atoms with Gasteiger partial charge in [0.05, 0.1) is 12.8 Å². The Labute approximate surface area is 154 Å². The first kappa shape index (κ1) is 17.3. The van der Waals surface area contributed by atoms with E-state index in [4.69, 9.17) is 9.52 Å². The van der Waals surface area contributed by atoms with E-state index in [0.717, 1.165) is 69.6 Å². The highest BCUT2D eigenvalue weighted by Crippen LogP contribution is 2.27. The highest BCUT2D eigenvalue weighted by molar-refractivity contribution is 5.94. The van der Waals surface area contributed by atoms with E-state index in [1.807, 2.05) is 21.7 Å². The SMILES string of the molecule is CCn1nc(C(=O)N2CCCCC2)c2c1CCC(NCc1ccco1)C2. The van der Waals surface area contributed by atoms with Gasteiger partial charge in [-0.15, -0.1) is 0 Å². The number of carbonyl (C=O) groups is 1. The third-order valence-electron chi connectivity index (χ3n) is 5.64. The topological polar surface area (TPSA) is 63.3 Å². The second-order valence-corrected chi connectivity index (χ2v) is 7.34. The van der Waals surface area contributed by atoms with Crippen LogP contribution in [0.5, 0.6) is 0 Å². The summed E-state index contributed by atoms with van der Waals surface area (Å²) in [7, 11) is 0. The Morgan fingerprint density at radius 3 is 2.92 bits per heavy atom. The number of fused-ring (bicyclic) bond motifs is 1. The summed E-state index contributed by atoms with van der Waals surface area (Å²) >= 11 is 0. The maximum absolute atomic E-state index is 13.1. The van der Waals surface area contributed by atoms with Crippen LogP contribution in [-0.2, 0) is 25.9 Å². The summed E-state index contributed by atoms with van der Waals surface area (Å²) in [4.78, 5) is 15.1. The summed E-state index contributed by atoms with van der Waals surface area (Å²) < 4.78 is 7.45. The second-order valence-electron chi connectivity index (χ2n) is 7.34. The molecule has 1 saturated heterocycles. The van der Waals surface area contributed by atoms with Crippen LogP contribution >= 0.6 is 0 Å². The molecule has 1 amide bonds. The smallest absolute Gasteiger partial charge is 0.274 e. The van der Waals surface area contributed by atoms with Gasteiger partial charge in [0.1, 0.15) is 5.76 Å². The minimum Gasteiger partial charge on any atom is -0.468 e. The molecule has 140 valence electrons. The molecule has 2 aliphatic rings. The quantitative estimate of drug-likeness (QED) is 0.895. The minimum atomic E-state index is 0.125.